The molecule has 0 aliphatic rings. The fourth-order valence-electron chi connectivity index (χ4n) is 2.30. The minimum absolute atomic E-state index is 0.0631. The molecule has 2 aromatic rings. The fraction of sp³-hybridized carbons (Fsp3) is 0.375. The number of rotatable bonds is 6. The molecule has 1 heterocycles. The molecule has 1 N–H and O–H groups in total. The number of hydrogen-bond acceptors (Lipinski definition) is 4. The highest BCUT2D eigenvalue weighted by Crippen LogP contribution is 2.29. The number of benzene rings is 1. The first-order chi connectivity index (χ1) is 11.3. The molecule has 130 valence electrons. The van der Waals surface area contributed by atoms with E-state index in [0.29, 0.717) is 0 Å². The van der Waals surface area contributed by atoms with Crippen LogP contribution < -0.4 is 14.8 Å². The first kappa shape index (κ1) is 17.7. The Balaban J connectivity index is 2.16. The van der Waals surface area contributed by atoms with Gasteiger partial charge < -0.3 is 14.8 Å². The van der Waals surface area contributed by atoms with Crippen LogP contribution in [-0.2, 0) is 7.05 Å². The summed E-state index contributed by atoms with van der Waals surface area (Å²) < 4.78 is 35.7. The van der Waals surface area contributed by atoms with Crippen molar-refractivity contribution < 1.29 is 23.0 Å². The number of nitrogens with one attached hydrogen (secondary N) is 1. The molecule has 1 unspecified atom stereocenters. The Hall–Kier alpha value is -2.64. The Morgan fingerprint density at radius 2 is 2.04 bits per heavy atom. The van der Waals surface area contributed by atoms with Crippen molar-refractivity contribution in [2.75, 3.05) is 7.11 Å². The second-order valence-electron chi connectivity index (χ2n) is 5.25. The van der Waals surface area contributed by atoms with Crippen molar-refractivity contribution in [1.29, 1.82) is 0 Å². The molecular weight excluding hydrogens is 320 g/mol. The van der Waals surface area contributed by atoms with E-state index in [-0.39, 0.29) is 29.0 Å². The Kier molecular flexibility index (Phi) is 5.38. The number of carbonyl (C=O) groups excluding carboxylic acids is 1. The zero-order chi connectivity index (χ0) is 17.9. The van der Waals surface area contributed by atoms with Crippen molar-refractivity contribution >= 4 is 5.91 Å². The van der Waals surface area contributed by atoms with Crippen molar-refractivity contribution in [2.45, 2.75) is 26.5 Å². The lowest BCUT2D eigenvalue weighted by molar-refractivity contribution is -0.0512. The summed E-state index contributed by atoms with van der Waals surface area (Å²) in [6.45, 7) is 0.782. The molecule has 8 heteroatoms. The quantitative estimate of drug-likeness (QED) is 0.879. The van der Waals surface area contributed by atoms with Gasteiger partial charge in [-0.3, -0.25) is 9.48 Å². The van der Waals surface area contributed by atoms with Gasteiger partial charge in [-0.25, -0.2) is 0 Å². The van der Waals surface area contributed by atoms with Crippen LogP contribution in [0.15, 0.2) is 24.4 Å². The number of aryl methyl sites for hydroxylation is 1. The van der Waals surface area contributed by atoms with E-state index in [9.17, 15) is 13.6 Å². The largest absolute Gasteiger partial charge is 0.493 e. The Bertz CT molecular complexity index is 731. The summed E-state index contributed by atoms with van der Waals surface area (Å²) in [4.78, 5) is 12.4. The van der Waals surface area contributed by atoms with E-state index < -0.39 is 6.61 Å². The maximum absolute atomic E-state index is 12.4. The van der Waals surface area contributed by atoms with Crippen molar-refractivity contribution in [2.24, 2.45) is 7.05 Å². The van der Waals surface area contributed by atoms with Gasteiger partial charge in [-0.05, 0) is 32.0 Å². The van der Waals surface area contributed by atoms with Gasteiger partial charge in [0.25, 0.3) is 5.91 Å². The van der Waals surface area contributed by atoms with Crippen molar-refractivity contribution in [1.82, 2.24) is 15.1 Å². The molecule has 1 aromatic heterocycles. The predicted octanol–water partition coefficient (Wildman–Crippen LogP) is 2.83. The number of methoxy groups -OCH3 is 1. The minimum atomic E-state index is -2.97. The third kappa shape index (κ3) is 3.81. The zero-order valence-corrected chi connectivity index (χ0v) is 13.8. The lowest BCUT2D eigenvalue weighted by Crippen LogP contribution is -2.27. The standard InChI is InChI=1S/C16H19F2N3O3/c1-9(12-8-19-21(3)10(12)2)20-15(22)11-5-6-13(24-16(17)18)14(7-11)23-4/h5-9,16H,1-4H3,(H,20,22). The summed E-state index contributed by atoms with van der Waals surface area (Å²) >= 11 is 0. The third-order valence-electron chi connectivity index (χ3n) is 3.73. The summed E-state index contributed by atoms with van der Waals surface area (Å²) in [6.07, 6.45) is 1.69. The molecule has 1 atom stereocenters. The molecule has 1 aromatic carbocycles. The Morgan fingerprint density at radius 3 is 2.58 bits per heavy atom. The van der Waals surface area contributed by atoms with Gasteiger partial charge in [0.05, 0.1) is 19.3 Å². The van der Waals surface area contributed by atoms with Gasteiger partial charge in [0.2, 0.25) is 0 Å². The second kappa shape index (κ2) is 7.29. The van der Waals surface area contributed by atoms with Crippen LogP contribution in [0.1, 0.15) is 34.6 Å². The lowest BCUT2D eigenvalue weighted by atomic mass is 10.1. The maximum atomic E-state index is 12.4. The highest BCUT2D eigenvalue weighted by molar-refractivity contribution is 5.95. The molecule has 2 rings (SSSR count). The van der Waals surface area contributed by atoms with Crippen LogP contribution in [0.2, 0.25) is 0 Å². The van der Waals surface area contributed by atoms with Gasteiger partial charge in [0, 0.05) is 23.9 Å². The predicted molar refractivity (Wildman–Crippen MR) is 83.5 cm³/mol. The molecule has 0 fully saturated rings. The number of halogens is 2. The van der Waals surface area contributed by atoms with E-state index >= 15 is 0 Å². The molecule has 0 saturated heterocycles. The van der Waals surface area contributed by atoms with Crippen LogP contribution in [0.5, 0.6) is 11.5 Å². The molecule has 0 bridgehead atoms. The van der Waals surface area contributed by atoms with Crippen LogP contribution in [0.25, 0.3) is 0 Å². The van der Waals surface area contributed by atoms with Gasteiger partial charge in [-0.1, -0.05) is 0 Å². The average molecular weight is 339 g/mol. The monoisotopic (exact) mass is 339 g/mol. The first-order valence-electron chi connectivity index (χ1n) is 7.25. The van der Waals surface area contributed by atoms with Crippen molar-refractivity contribution in [3.05, 3.63) is 41.2 Å². The van der Waals surface area contributed by atoms with Gasteiger partial charge in [0.15, 0.2) is 11.5 Å². The molecule has 0 aliphatic heterocycles. The minimum Gasteiger partial charge on any atom is -0.493 e. The average Bonchev–Trinajstić information content (AvgIpc) is 2.86. The van der Waals surface area contributed by atoms with E-state index in [1.807, 2.05) is 20.9 Å². The van der Waals surface area contributed by atoms with Crippen LogP contribution >= 0.6 is 0 Å². The van der Waals surface area contributed by atoms with E-state index in [4.69, 9.17) is 4.74 Å². The lowest BCUT2D eigenvalue weighted by Gasteiger charge is -2.15. The highest BCUT2D eigenvalue weighted by Gasteiger charge is 2.18. The number of amides is 1. The van der Waals surface area contributed by atoms with Gasteiger partial charge >= 0.3 is 6.61 Å². The molecular formula is C16H19F2N3O3. The van der Waals surface area contributed by atoms with Gasteiger partial charge in [-0.2, -0.15) is 13.9 Å². The molecule has 24 heavy (non-hydrogen) atoms. The smallest absolute Gasteiger partial charge is 0.387 e. The number of ether oxygens (including phenoxy) is 2. The Labute approximate surface area is 138 Å². The summed E-state index contributed by atoms with van der Waals surface area (Å²) in [6, 6.07) is 3.78. The summed E-state index contributed by atoms with van der Waals surface area (Å²) in [5.41, 5.74) is 2.12. The maximum Gasteiger partial charge on any atom is 0.387 e. The summed E-state index contributed by atoms with van der Waals surface area (Å²) in [5.74, 6) is -0.416. The number of alkyl halides is 2. The normalized spacial score (nSPS) is 12.1. The molecule has 6 nitrogen and oxygen atoms in total. The van der Waals surface area contributed by atoms with E-state index in [2.05, 4.69) is 15.2 Å². The molecule has 0 spiro atoms. The highest BCUT2D eigenvalue weighted by atomic mass is 19.3. The summed E-state index contributed by atoms with van der Waals surface area (Å²) in [5, 5.41) is 6.98. The van der Waals surface area contributed by atoms with Crippen LogP contribution in [0.3, 0.4) is 0 Å². The molecule has 1 amide bonds. The van der Waals surface area contributed by atoms with Crippen LogP contribution in [0, 0.1) is 6.92 Å². The number of carbonyl (C=O) groups is 1. The van der Waals surface area contributed by atoms with E-state index in [0.717, 1.165) is 11.3 Å². The van der Waals surface area contributed by atoms with Crippen molar-refractivity contribution in [3.8, 4) is 11.5 Å². The van der Waals surface area contributed by atoms with Gasteiger partial charge in [-0.15, -0.1) is 0 Å². The molecule has 0 aliphatic carbocycles. The Morgan fingerprint density at radius 1 is 1.33 bits per heavy atom. The molecule has 0 radical (unpaired) electrons. The third-order valence-corrected chi connectivity index (χ3v) is 3.73. The second-order valence-corrected chi connectivity index (χ2v) is 5.25. The SMILES string of the molecule is COc1cc(C(=O)NC(C)c2cnn(C)c2C)ccc1OC(F)F. The van der Waals surface area contributed by atoms with E-state index in [1.165, 1.54) is 25.3 Å². The summed E-state index contributed by atoms with van der Waals surface area (Å²) in [7, 11) is 3.14. The first-order valence-corrected chi connectivity index (χ1v) is 7.25. The van der Waals surface area contributed by atoms with E-state index in [1.54, 1.807) is 10.9 Å². The fourth-order valence-corrected chi connectivity index (χ4v) is 2.30. The van der Waals surface area contributed by atoms with Gasteiger partial charge in [0.1, 0.15) is 0 Å². The number of aromatic nitrogens is 2. The van der Waals surface area contributed by atoms with Crippen LogP contribution in [0.4, 0.5) is 8.78 Å². The topological polar surface area (TPSA) is 65.4 Å². The van der Waals surface area contributed by atoms with Crippen LogP contribution in [-0.4, -0.2) is 29.4 Å². The number of hydrogen-bond donors (Lipinski definition) is 1. The molecule has 0 saturated carbocycles. The zero-order valence-electron chi connectivity index (χ0n) is 13.8. The number of nitrogens with zero attached hydrogens (tertiary/aromatic N) is 2. The van der Waals surface area contributed by atoms with Crippen molar-refractivity contribution in [3.63, 3.8) is 0 Å².